The van der Waals surface area contributed by atoms with E-state index in [-0.39, 0.29) is 30.1 Å². The van der Waals surface area contributed by atoms with E-state index in [9.17, 15) is 0 Å². The van der Waals surface area contributed by atoms with Crippen LogP contribution in [0.1, 0.15) is 25.0 Å². The Morgan fingerprint density at radius 1 is 1.04 bits per heavy atom. The molecule has 2 aromatic rings. The SMILES string of the molecule is Cc1cc(C)cc(OCCN=C(N)Nc2ccc(OC(C)C)cc2)c1.I. The molecular weight excluding hydrogens is 441 g/mol. The summed E-state index contributed by atoms with van der Waals surface area (Å²) < 4.78 is 11.3. The predicted octanol–water partition coefficient (Wildman–Crippen LogP) is 4.51. The number of nitrogens with two attached hydrogens (primary N) is 1. The molecule has 0 fully saturated rings. The minimum absolute atomic E-state index is 0. The van der Waals surface area contributed by atoms with E-state index in [0.29, 0.717) is 19.1 Å². The van der Waals surface area contributed by atoms with Gasteiger partial charge in [-0.25, -0.2) is 4.99 Å². The average Bonchev–Trinajstić information content (AvgIpc) is 2.52. The van der Waals surface area contributed by atoms with Crippen LogP contribution in [0.4, 0.5) is 5.69 Å². The molecule has 0 amide bonds. The summed E-state index contributed by atoms with van der Waals surface area (Å²) in [5, 5.41) is 3.06. The van der Waals surface area contributed by atoms with Crippen molar-refractivity contribution in [1.82, 2.24) is 0 Å². The minimum Gasteiger partial charge on any atom is -0.492 e. The number of nitrogens with one attached hydrogen (secondary N) is 1. The van der Waals surface area contributed by atoms with Crippen molar-refractivity contribution in [3.63, 3.8) is 0 Å². The number of hydrogen-bond acceptors (Lipinski definition) is 3. The van der Waals surface area contributed by atoms with Gasteiger partial charge >= 0.3 is 0 Å². The minimum atomic E-state index is 0. The van der Waals surface area contributed by atoms with Gasteiger partial charge in [-0.1, -0.05) is 6.07 Å². The lowest BCUT2D eigenvalue weighted by Crippen LogP contribution is -2.23. The van der Waals surface area contributed by atoms with Gasteiger partial charge in [-0.05, 0) is 75.2 Å². The number of rotatable bonds is 7. The molecule has 0 spiro atoms. The van der Waals surface area contributed by atoms with E-state index in [1.807, 2.05) is 50.2 Å². The summed E-state index contributed by atoms with van der Waals surface area (Å²) in [6.07, 6.45) is 0.155. The quantitative estimate of drug-likeness (QED) is 0.271. The molecule has 2 aromatic carbocycles. The largest absolute Gasteiger partial charge is 0.492 e. The summed E-state index contributed by atoms with van der Waals surface area (Å²) in [7, 11) is 0. The summed E-state index contributed by atoms with van der Waals surface area (Å²) in [5.41, 5.74) is 9.14. The molecule has 0 saturated carbocycles. The molecule has 3 N–H and O–H groups in total. The van der Waals surface area contributed by atoms with Gasteiger partial charge in [-0.3, -0.25) is 0 Å². The third kappa shape index (κ3) is 7.95. The second-order valence-electron chi connectivity index (χ2n) is 6.25. The highest BCUT2D eigenvalue weighted by Crippen LogP contribution is 2.17. The number of anilines is 1. The highest BCUT2D eigenvalue weighted by atomic mass is 127. The first-order valence-corrected chi connectivity index (χ1v) is 8.47. The molecular formula is C20H28IN3O2. The van der Waals surface area contributed by atoms with Gasteiger partial charge in [0.25, 0.3) is 0 Å². The molecule has 2 rings (SSSR count). The molecule has 0 aliphatic rings. The van der Waals surface area contributed by atoms with Gasteiger partial charge < -0.3 is 20.5 Å². The third-order valence-corrected chi connectivity index (χ3v) is 3.34. The number of benzene rings is 2. The lowest BCUT2D eigenvalue weighted by molar-refractivity contribution is 0.242. The Kier molecular flexibility index (Phi) is 9.26. The highest BCUT2D eigenvalue weighted by Gasteiger charge is 2.00. The Hall–Kier alpha value is -1.96. The molecule has 0 saturated heterocycles. The van der Waals surface area contributed by atoms with Gasteiger partial charge in [0.05, 0.1) is 12.6 Å². The zero-order valence-electron chi connectivity index (χ0n) is 15.8. The van der Waals surface area contributed by atoms with Crippen LogP contribution in [0.5, 0.6) is 11.5 Å². The molecule has 0 aliphatic heterocycles. The first kappa shape index (κ1) is 22.1. The topological polar surface area (TPSA) is 68.9 Å². The Morgan fingerprint density at radius 3 is 2.23 bits per heavy atom. The lowest BCUT2D eigenvalue weighted by Gasteiger charge is -2.11. The smallest absolute Gasteiger partial charge is 0.193 e. The van der Waals surface area contributed by atoms with Crippen molar-refractivity contribution in [3.05, 3.63) is 53.6 Å². The van der Waals surface area contributed by atoms with Crippen LogP contribution in [0.25, 0.3) is 0 Å². The Bertz CT molecular complexity index is 695. The second-order valence-corrected chi connectivity index (χ2v) is 6.25. The Balaban J connectivity index is 0.00000338. The van der Waals surface area contributed by atoms with Gasteiger partial charge in [0.15, 0.2) is 5.96 Å². The van der Waals surface area contributed by atoms with E-state index < -0.39 is 0 Å². The van der Waals surface area contributed by atoms with Crippen molar-refractivity contribution < 1.29 is 9.47 Å². The van der Waals surface area contributed by atoms with Gasteiger partial charge in [-0.2, -0.15) is 0 Å². The van der Waals surface area contributed by atoms with Crippen LogP contribution in [0.2, 0.25) is 0 Å². The standard InChI is InChI=1S/C20H27N3O2.HI/c1-14(2)25-18-7-5-17(6-8-18)23-20(21)22-9-10-24-19-12-15(3)11-16(4)13-19;/h5-8,11-14H,9-10H2,1-4H3,(H3,21,22,23);1H. The van der Waals surface area contributed by atoms with Crippen LogP contribution in [0.3, 0.4) is 0 Å². The first-order chi connectivity index (χ1) is 11.9. The van der Waals surface area contributed by atoms with Crippen LogP contribution in [0.15, 0.2) is 47.5 Å². The highest BCUT2D eigenvalue weighted by molar-refractivity contribution is 14.0. The van der Waals surface area contributed by atoms with Crippen LogP contribution >= 0.6 is 24.0 Å². The number of nitrogens with zero attached hydrogens (tertiary/aromatic N) is 1. The van der Waals surface area contributed by atoms with E-state index in [0.717, 1.165) is 17.2 Å². The molecule has 0 atom stereocenters. The zero-order chi connectivity index (χ0) is 18.2. The fraction of sp³-hybridized carbons (Fsp3) is 0.350. The normalized spacial score (nSPS) is 11.0. The molecule has 0 bridgehead atoms. The van der Waals surface area contributed by atoms with Crippen molar-refractivity contribution >= 4 is 35.6 Å². The van der Waals surface area contributed by atoms with Crippen LogP contribution in [-0.4, -0.2) is 25.2 Å². The lowest BCUT2D eigenvalue weighted by atomic mass is 10.1. The summed E-state index contributed by atoms with van der Waals surface area (Å²) in [6, 6.07) is 13.8. The Morgan fingerprint density at radius 2 is 1.65 bits per heavy atom. The number of aryl methyl sites for hydroxylation is 2. The molecule has 142 valence electrons. The van der Waals surface area contributed by atoms with Crippen molar-refractivity contribution in [2.24, 2.45) is 10.7 Å². The van der Waals surface area contributed by atoms with E-state index in [1.54, 1.807) is 0 Å². The molecule has 0 aromatic heterocycles. The van der Waals surface area contributed by atoms with Crippen molar-refractivity contribution in [2.45, 2.75) is 33.8 Å². The predicted molar refractivity (Wildman–Crippen MR) is 119 cm³/mol. The van der Waals surface area contributed by atoms with E-state index in [2.05, 4.69) is 30.2 Å². The molecule has 0 aliphatic carbocycles. The van der Waals surface area contributed by atoms with Crippen molar-refractivity contribution in [3.8, 4) is 11.5 Å². The van der Waals surface area contributed by atoms with Gasteiger partial charge in [0, 0.05) is 5.69 Å². The van der Waals surface area contributed by atoms with Crippen LogP contribution < -0.4 is 20.5 Å². The van der Waals surface area contributed by atoms with Gasteiger partial charge in [0.2, 0.25) is 0 Å². The maximum absolute atomic E-state index is 5.90. The zero-order valence-corrected chi connectivity index (χ0v) is 18.1. The van der Waals surface area contributed by atoms with Crippen molar-refractivity contribution in [1.29, 1.82) is 0 Å². The molecule has 5 nitrogen and oxygen atoms in total. The number of ether oxygens (including phenoxy) is 2. The fourth-order valence-electron chi connectivity index (χ4n) is 2.42. The van der Waals surface area contributed by atoms with E-state index >= 15 is 0 Å². The number of guanidine groups is 1. The molecule has 0 heterocycles. The van der Waals surface area contributed by atoms with Gasteiger partial charge in [-0.15, -0.1) is 24.0 Å². The number of halogens is 1. The monoisotopic (exact) mass is 469 g/mol. The summed E-state index contributed by atoms with van der Waals surface area (Å²) >= 11 is 0. The first-order valence-electron chi connectivity index (χ1n) is 8.47. The summed E-state index contributed by atoms with van der Waals surface area (Å²) in [5.74, 6) is 2.06. The van der Waals surface area contributed by atoms with E-state index in [1.165, 1.54) is 11.1 Å². The van der Waals surface area contributed by atoms with Crippen LogP contribution in [0, 0.1) is 13.8 Å². The average molecular weight is 469 g/mol. The van der Waals surface area contributed by atoms with E-state index in [4.69, 9.17) is 15.2 Å². The van der Waals surface area contributed by atoms with Gasteiger partial charge in [0.1, 0.15) is 18.1 Å². The van der Waals surface area contributed by atoms with Crippen LogP contribution in [-0.2, 0) is 0 Å². The fourth-order valence-corrected chi connectivity index (χ4v) is 2.42. The molecule has 0 radical (unpaired) electrons. The second kappa shape index (κ2) is 10.9. The molecule has 26 heavy (non-hydrogen) atoms. The summed E-state index contributed by atoms with van der Waals surface area (Å²) in [4.78, 5) is 4.28. The maximum Gasteiger partial charge on any atom is 0.193 e. The summed E-state index contributed by atoms with van der Waals surface area (Å²) in [6.45, 7) is 9.06. The number of aliphatic imine (C=N–C) groups is 1. The Labute approximate surface area is 173 Å². The third-order valence-electron chi connectivity index (χ3n) is 3.34. The van der Waals surface area contributed by atoms with Crippen molar-refractivity contribution in [2.75, 3.05) is 18.5 Å². The molecule has 6 heteroatoms. The maximum atomic E-state index is 5.90. The number of hydrogen-bond donors (Lipinski definition) is 2. The molecule has 0 unspecified atom stereocenters.